The Kier molecular flexibility index (Phi) is 3.42. The maximum atomic E-state index is 12.7. The zero-order valence-electron chi connectivity index (χ0n) is 11.6. The first-order valence-corrected chi connectivity index (χ1v) is 6.98. The van der Waals surface area contributed by atoms with Crippen LogP contribution in [0.3, 0.4) is 0 Å². The third-order valence-electron chi connectivity index (χ3n) is 3.65. The highest BCUT2D eigenvalue weighted by Crippen LogP contribution is 2.26. The van der Waals surface area contributed by atoms with Crippen LogP contribution in [0.15, 0.2) is 48.5 Å². The Balaban J connectivity index is 1.85. The lowest BCUT2D eigenvalue weighted by molar-refractivity contribution is 0.0752. The van der Waals surface area contributed by atoms with Crippen molar-refractivity contribution in [3.8, 4) is 0 Å². The minimum atomic E-state index is 0.0951. The number of carbonyl (C=O) groups is 1. The van der Waals surface area contributed by atoms with Gasteiger partial charge in [-0.3, -0.25) is 4.79 Å². The van der Waals surface area contributed by atoms with E-state index in [1.807, 2.05) is 48.2 Å². The molecule has 1 N–H and O–H groups in total. The smallest absolute Gasteiger partial charge is 0.256 e. The van der Waals surface area contributed by atoms with E-state index in [1.165, 1.54) is 11.1 Å². The van der Waals surface area contributed by atoms with Crippen molar-refractivity contribution >= 4 is 11.6 Å². The highest BCUT2D eigenvalue weighted by Gasteiger charge is 2.25. The van der Waals surface area contributed by atoms with Crippen molar-refractivity contribution in [3.05, 3.63) is 65.2 Å². The standard InChI is InChI=1S/C17H18N2O/c1-2-18-16-10-6-5-9-15(16)17(20)19-11-13-7-3-4-8-14(13)12-19/h3-10,18H,2,11-12H2,1H3. The third kappa shape index (κ3) is 2.27. The van der Waals surface area contributed by atoms with Gasteiger partial charge in [-0.05, 0) is 30.2 Å². The second kappa shape index (κ2) is 5.37. The van der Waals surface area contributed by atoms with E-state index in [0.29, 0.717) is 13.1 Å². The summed E-state index contributed by atoms with van der Waals surface area (Å²) in [6.45, 7) is 4.25. The minimum absolute atomic E-state index is 0.0951. The van der Waals surface area contributed by atoms with Crippen molar-refractivity contribution in [2.75, 3.05) is 11.9 Å². The van der Waals surface area contributed by atoms with Gasteiger partial charge in [-0.25, -0.2) is 0 Å². The average molecular weight is 266 g/mol. The molecular formula is C17H18N2O. The van der Waals surface area contributed by atoms with Gasteiger partial charge in [-0.1, -0.05) is 36.4 Å². The molecule has 0 fully saturated rings. The predicted molar refractivity (Wildman–Crippen MR) is 80.6 cm³/mol. The van der Waals surface area contributed by atoms with Crippen molar-refractivity contribution in [2.24, 2.45) is 0 Å². The molecule has 3 heteroatoms. The van der Waals surface area contributed by atoms with Gasteiger partial charge in [0.05, 0.1) is 5.56 Å². The van der Waals surface area contributed by atoms with Gasteiger partial charge in [0.15, 0.2) is 0 Å². The fraction of sp³-hybridized carbons (Fsp3) is 0.235. The fourth-order valence-corrected chi connectivity index (χ4v) is 2.66. The maximum Gasteiger partial charge on any atom is 0.256 e. The van der Waals surface area contributed by atoms with Gasteiger partial charge < -0.3 is 10.2 Å². The van der Waals surface area contributed by atoms with Crippen molar-refractivity contribution in [2.45, 2.75) is 20.0 Å². The molecule has 2 aromatic carbocycles. The van der Waals surface area contributed by atoms with Crippen LogP contribution in [0.5, 0.6) is 0 Å². The molecule has 0 unspecified atom stereocenters. The lowest BCUT2D eigenvalue weighted by atomic mass is 10.1. The summed E-state index contributed by atoms with van der Waals surface area (Å²) in [7, 11) is 0. The topological polar surface area (TPSA) is 32.3 Å². The predicted octanol–water partition coefficient (Wildman–Crippen LogP) is 3.27. The monoisotopic (exact) mass is 266 g/mol. The van der Waals surface area contributed by atoms with Crippen LogP contribution in [0.1, 0.15) is 28.4 Å². The zero-order chi connectivity index (χ0) is 13.9. The number of rotatable bonds is 3. The maximum absolute atomic E-state index is 12.7. The van der Waals surface area contributed by atoms with Gasteiger partial charge in [-0.15, -0.1) is 0 Å². The van der Waals surface area contributed by atoms with E-state index in [0.717, 1.165) is 17.8 Å². The van der Waals surface area contributed by atoms with E-state index in [1.54, 1.807) is 0 Å². The van der Waals surface area contributed by atoms with E-state index < -0.39 is 0 Å². The van der Waals surface area contributed by atoms with Gasteiger partial charge in [0.25, 0.3) is 5.91 Å². The molecule has 0 aromatic heterocycles. The first kappa shape index (κ1) is 12.7. The first-order valence-electron chi connectivity index (χ1n) is 6.98. The Hall–Kier alpha value is -2.29. The molecule has 0 radical (unpaired) electrons. The van der Waals surface area contributed by atoms with E-state index in [9.17, 15) is 4.79 Å². The summed E-state index contributed by atoms with van der Waals surface area (Å²) in [4.78, 5) is 14.6. The Morgan fingerprint density at radius 3 is 2.30 bits per heavy atom. The lowest BCUT2D eigenvalue weighted by Crippen LogP contribution is -2.26. The number of amides is 1. The van der Waals surface area contributed by atoms with Gasteiger partial charge in [0.1, 0.15) is 0 Å². The number of nitrogens with zero attached hydrogens (tertiary/aromatic N) is 1. The summed E-state index contributed by atoms with van der Waals surface area (Å²) in [6.07, 6.45) is 0. The van der Waals surface area contributed by atoms with Crippen molar-refractivity contribution in [1.29, 1.82) is 0 Å². The summed E-state index contributed by atoms with van der Waals surface area (Å²) in [5.41, 5.74) is 4.17. The van der Waals surface area contributed by atoms with E-state index in [2.05, 4.69) is 17.4 Å². The number of para-hydroxylation sites is 1. The molecule has 20 heavy (non-hydrogen) atoms. The minimum Gasteiger partial charge on any atom is -0.385 e. The van der Waals surface area contributed by atoms with Crippen LogP contribution in [-0.4, -0.2) is 17.4 Å². The van der Waals surface area contributed by atoms with Crippen LogP contribution in [0.25, 0.3) is 0 Å². The van der Waals surface area contributed by atoms with Gasteiger partial charge in [0, 0.05) is 25.3 Å². The van der Waals surface area contributed by atoms with Gasteiger partial charge in [0.2, 0.25) is 0 Å². The van der Waals surface area contributed by atoms with Crippen LogP contribution in [0, 0.1) is 0 Å². The Bertz CT molecular complexity index is 611. The molecule has 102 valence electrons. The molecule has 1 heterocycles. The average Bonchev–Trinajstić information content (AvgIpc) is 2.91. The normalized spacial score (nSPS) is 13.2. The second-order valence-electron chi connectivity index (χ2n) is 5.01. The van der Waals surface area contributed by atoms with Crippen LogP contribution in [0.2, 0.25) is 0 Å². The highest BCUT2D eigenvalue weighted by atomic mass is 16.2. The van der Waals surface area contributed by atoms with Crippen LogP contribution in [0.4, 0.5) is 5.69 Å². The summed E-state index contributed by atoms with van der Waals surface area (Å²) in [5, 5.41) is 3.25. The number of nitrogens with one attached hydrogen (secondary N) is 1. The first-order chi connectivity index (χ1) is 9.79. The van der Waals surface area contributed by atoms with Crippen molar-refractivity contribution in [3.63, 3.8) is 0 Å². The third-order valence-corrected chi connectivity index (χ3v) is 3.65. The second-order valence-corrected chi connectivity index (χ2v) is 5.01. The number of hydrogen-bond donors (Lipinski definition) is 1. The van der Waals surface area contributed by atoms with E-state index in [4.69, 9.17) is 0 Å². The molecule has 0 atom stereocenters. The molecule has 2 aromatic rings. The number of hydrogen-bond acceptors (Lipinski definition) is 2. The number of carbonyl (C=O) groups excluding carboxylic acids is 1. The zero-order valence-corrected chi connectivity index (χ0v) is 11.6. The molecule has 0 aliphatic carbocycles. The van der Waals surface area contributed by atoms with Gasteiger partial charge in [-0.2, -0.15) is 0 Å². The van der Waals surface area contributed by atoms with Crippen LogP contribution in [-0.2, 0) is 13.1 Å². The summed E-state index contributed by atoms with van der Waals surface area (Å²) >= 11 is 0. The van der Waals surface area contributed by atoms with Gasteiger partial charge >= 0.3 is 0 Å². The Labute approximate surface area is 119 Å². The molecule has 1 aliphatic heterocycles. The molecule has 0 spiro atoms. The van der Waals surface area contributed by atoms with Crippen molar-refractivity contribution in [1.82, 2.24) is 4.90 Å². The molecule has 1 amide bonds. The lowest BCUT2D eigenvalue weighted by Gasteiger charge is -2.18. The van der Waals surface area contributed by atoms with Crippen LogP contribution >= 0.6 is 0 Å². The summed E-state index contributed by atoms with van der Waals surface area (Å²) < 4.78 is 0. The SMILES string of the molecule is CCNc1ccccc1C(=O)N1Cc2ccccc2C1. The quantitative estimate of drug-likeness (QED) is 0.924. The van der Waals surface area contributed by atoms with E-state index >= 15 is 0 Å². The molecule has 0 bridgehead atoms. The van der Waals surface area contributed by atoms with Crippen molar-refractivity contribution < 1.29 is 4.79 Å². The summed E-state index contributed by atoms with van der Waals surface area (Å²) in [6, 6.07) is 16.0. The molecule has 3 rings (SSSR count). The van der Waals surface area contributed by atoms with E-state index in [-0.39, 0.29) is 5.91 Å². The highest BCUT2D eigenvalue weighted by molar-refractivity contribution is 5.99. The largest absolute Gasteiger partial charge is 0.385 e. The summed E-state index contributed by atoms with van der Waals surface area (Å²) in [5.74, 6) is 0.0951. The Morgan fingerprint density at radius 1 is 1.05 bits per heavy atom. The number of anilines is 1. The molecule has 0 saturated heterocycles. The van der Waals surface area contributed by atoms with Crippen LogP contribution < -0.4 is 5.32 Å². The molecule has 3 nitrogen and oxygen atoms in total. The Morgan fingerprint density at radius 2 is 1.65 bits per heavy atom. The molecular weight excluding hydrogens is 248 g/mol. The molecule has 1 aliphatic rings. The fourth-order valence-electron chi connectivity index (χ4n) is 2.66. The molecule has 0 saturated carbocycles. The number of benzene rings is 2. The number of fused-ring (bicyclic) bond motifs is 1.